The predicted octanol–water partition coefficient (Wildman–Crippen LogP) is 3.52. The fourth-order valence-corrected chi connectivity index (χ4v) is 5.14. The van der Waals surface area contributed by atoms with Crippen LogP contribution in [0, 0.1) is 5.92 Å². The Balaban J connectivity index is 1.53. The average molecular weight is 437 g/mol. The molecule has 1 N–H and O–H groups in total. The van der Waals surface area contributed by atoms with E-state index in [2.05, 4.69) is 10.3 Å². The molecule has 0 spiro atoms. The molecule has 3 aromatic rings. The number of hydrogen-bond donors (Lipinski definition) is 1. The van der Waals surface area contributed by atoms with Crippen molar-refractivity contribution in [3.63, 3.8) is 0 Å². The van der Waals surface area contributed by atoms with Crippen LogP contribution in [0.25, 0.3) is 21.5 Å². The third-order valence-corrected chi connectivity index (χ3v) is 7.24. The van der Waals surface area contributed by atoms with Crippen molar-refractivity contribution in [2.45, 2.75) is 38.7 Å². The summed E-state index contributed by atoms with van der Waals surface area (Å²) < 4.78 is 7.30. The van der Waals surface area contributed by atoms with Crippen molar-refractivity contribution in [1.29, 1.82) is 0 Å². The molecule has 2 amide bonds. The maximum atomic E-state index is 12.6. The summed E-state index contributed by atoms with van der Waals surface area (Å²) in [5, 5.41) is 2.87. The van der Waals surface area contributed by atoms with E-state index in [1.165, 1.54) is 11.3 Å². The SMILES string of the molecule is C[C@@H](Oc1cc(-c2ccc3c(n2)N(C)C(=O)C3(C)C)cc2ncsc12)[C@H]1CNC(=O)C1. The fourth-order valence-electron chi connectivity index (χ4n) is 4.41. The number of amides is 2. The minimum absolute atomic E-state index is 0.0414. The van der Waals surface area contributed by atoms with Crippen molar-refractivity contribution in [3.8, 4) is 17.0 Å². The predicted molar refractivity (Wildman–Crippen MR) is 120 cm³/mol. The summed E-state index contributed by atoms with van der Waals surface area (Å²) in [6.07, 6.45) is 0.368. The van der Waals surface area contributed by atoms with Gasteiger partial charge in [0.15, 0.2) is 0 Å². The quantitative estimate of drug-likeness (QED) is 0.677. The van der Waals surface area contributed by atoms with Gasteiger partial charge in [-0.05, 0) is 39.0 Å². The average Bonchev–Trinajstić information content (AvgIpc) is 3.44. The second-order valence-corrected chi connectivity index (χ2v) is 9.68. The summed E-state index contributed by atoms with van der Waals surface area (Å²) in [5.41, 5.74) is 4.65. The molecule has 1 fully saturated rings. The van der Waals surface area contributed by atoms with Gasteiger partial charge in [0.1, 0.15) is 17.7 Å². The highest BCUT2D eigenvalue weighted by Gasteiger charge is 2.43. The lowest BCUT2D eigenvalue weighted by atomic mass is 9.87. The maximum absolute atomic E-state index is 12.6. The first-order chi connectivity index (χ1) is 14.8. The van der Waals surface area contributed by atoms with E-state index in [-0.39, 0.29) is 23.8 Å². The van der Waals surface area contributed by atoms with Gasteiger partial charge in [0, 0.05) is 37.1 Å². The zero-order chi connectivity index (χ0) is 21.9. The molecule has 2 aliphatic heterocycles. The second kappa shape index (κ2) is 7.02. The number of anilines is 1. The molecular weight excluding hydrogens is 412 g/mol. The van der Waals surface area contributed by atoms with Crippen molar-refractivity contribution in [3.05, 3.63) is 35.3 Å². The Kier molecular flexibility index (Phi) is 4.51. The molecule has 1 saturated heterocycles. The number of benzene rings is 1. The van der Waals surface area contributed by atoms with Crippen LogP contribution in [0.4, 0.5) is 5.82 Å². The minimum Gasteiger partial charge on any atom is -0.489 e. The zero-order valence-electron chi connectivity index (χ0n) is 17.9. The number of carbonyl (C=O) groups excluding carboxylic acids is 2. The Morgan fingerprint density at radius 1 is 1.29 bits per heavy atom. The lowest BCUT2D eigenvalue weighted by Crippen LogP contribution is -2.33. The first-order valence-electron chi connectivity index (χ1n) is 10.4. The highest BCUT2D eigenvalue weighted by molar-refractivity contribution is 7.17. The first-order valence-corrected chi connectivity index (χ1v) is 11.2. The Hall–Kier alpha value is -3.00. The summed E-state index contributed by atoms with van der Waals surface area (Å²) in [6.45, 7) is 6.49. The number of fused-ring (bicyclic) bond motifs is 2. The summed E-state index contributed by atoms with van der Waals surface area (Å²) in [5.74, 6) is 1.69. The van der Waals surface area contributed by atoms with Gasteiger partial charge in [-0.3, -0.25) is 14.5 Å². The van der Waals surface area contributed by atoms with Crippen LogP contribution in [0.5, 0.6) is 5.75 Å². The number of ether oxygens (including phenoxy) is 1. The third kappa shape index (κ3) is 3.17. The molecule has 2 atom stereocenters. The number of likely N-dealkylation sites (N-methyl/N-ethyl adjacent to an activating group) is 1. The van der Waals surface area contributed by atoms with Crippen LogP contribution in [0.2, 0.25) is 0 Å². The van der Waals surface area contributed by atoms with Crippen LogP contribution in [-0.4, -0.2) is 41.5 Å². The summed E-state index contributed by atoms with van der Waals surface area (Å²) in [4.78, 5) is 35.2. The molecule has 8 heteroatoms. The zero-order valence-corrected chi connectivity index (χ0v) is 18.7. The Bertz CT molecular complexity index is 1220. The maximum Gasteiger partial charge on any atom is 0.238 e. The number of thiazole rings is 1. The topological polar surface area (TPSA) is 84.4 Å². The van der Waals surface area contributed by atoms with E-state index in [4.69, 9.17) is 9.72 Å². The molecule has 0 aliphatic carbocycles. The van der Waals surface area contributed by atoms with Gasteiger partial charge in [-0.1, -0.05) is 6.07 Å². The smallest absolute Gasteiger partial charge is 0.238 e. The van der Waals surface area contributed by atoms with E-state index >= 15 is 0 Å². The molecule has 0 radical (unpaired) electrons. The van der Waals surface area contributed by atoms with Gasteiger partial charge in [0.05, 0.1) is 26.8 Å². The number of hydrogen-bond acceptors (Lipinski definition) is 6. The lowest BCUT2D eigenvalue weighted by Gasteiger charge is -2.20. The van der Waals surface area contributed by atoms with Crippen LogP contribution in [0.15, 0.2) is 29.8 Å². The standard InChI is InChI=1S/C23H24N4O3S/c1-12(14-9-19(28)24-10-14)30-18-8-13(7-17-20(18)31-11-25-17)16-6-5-15-21(26-16)27(4)22(29)23(15,2)3/h5-8,11-12,14H,9-10H2,1-4H3,(H,24,28)/t12-,14-/m1/s1. The van der Waals surface area contributed by atoms with Gasteiger partial charge in [-0.25, -0.2) is 9.97 Å². The van der Waals surface area contributed by atoms with Crippen molar-refractivity contribution in [2.75, 3.05) is 18.5 Å². The van der Waals surface area contributed by atoms with E-state index in [0.29, 0.717) is 18.8 Å². The number of rotatable bonds is 4. The van der Waals surface area contributed by atoms with Crippen molar-refractivity contribution in [2.24, 2.45) is 5.92 Å². The lowest BCUT2D eigenvalue weighted by molar-refractivity contribution is -0.122. The van der Waals surface area contributed by atoms with E-state index in [1.807, 2.05) is 45.0 Å². The van der Waals surface area contributed by atoms with Gasteiger partial charge < -0.3 is 10.1 Å². The molecular formula is C23H24N4O3S. The van der Waals surface area contributed by atoms with E-state index in [0.717, 1.165) is 32.8 Å². The van der Waals surface area contributed by atoms with Crippen molar-refractivity contribution >= 4 is 39.2 Å². The van der Waals surface area contributed by atoms with Crippen molar-refractivity contribution < 1.29 is 14.3 Å². The molecule has 7 nitrogen and oxygen atoms in total. The number of pyridine rings is 1. The van der Waals surface area contributed by atoms with E-state index in [9.17, 15) is 9.59 Å². The largest absolute Gasteiger partial charge is 0.489 e. The third-order valence-electron chi connectivity index (χ3n) is 6.38. The molecule has 2 aliphatic rings. The molecule has 2 aromatic heterocycles. The first kappa shape index (κ1) is 19.9. The molecule has 0 bridgehead atoms. The van der Waals surface area contributed by atoms with Crippen LogP contribution in [-0.2, 0) is 15.0 Å². The number of nitrogens with one attached hydrogen (secondary N) is 1. The molecule has 160 valence electrons. The Morgan fingerprint density at radius 2 is 2.10 bits per heavy atom. The van der Waals surface area contributed by atoms with Gasteiger partial charge in [-0.2, -0.15) is 0 Å². The van der Waals surface area contributed by atoms with Crippen LogP contribution in [0.3, 0.4) is 0 Å². The summed E-state index contributed by atoms with van der Waals surface area (Å²) in [7, 11) is 1.77. The van der Waals surface area contributed by atoms with Gasteiger partial charge in [0.2, 0.25) is 11.8 Å². The van der Waals surface area contributed by atoms with E-state index < -0.39 is 5.41 Å². The van der Waals surface area contributed by atoms with Crippen LogP contribution >= 0.6 is 11.3 Å². The van der Waals surface area contributed by atoms with Gasteiger partial charge in [0.25, 0.3) is 0 Å². The molecule has 31 heavy (non-hydrogen) atoms. The molecule has 0 saturated carbocycles. The fraction of sp³-hybridized carbons (Fsp3) is 0.391. The summed E-state index contributed by atoms with van der Waals surface area (Å²) in [6, 6.07) is 7.93. The molecule has 4 heterocycles. The Labute approximate surface area is 184 Å². The monoisotopic (exact) mass is 436 g/mol. The number of nitrogens with zero attached hydrogens (tertiary/aromatic N) is 3. The van der Waals surface area contributed by atoms with Gasteiger partial charge in [-0.15, -0.1) is 11.3 Å². The minimum atomic E-state index is -0.578. The highest BCUT2D eigenvalue weighted by atomic mass is 32.1. The highest BCUT2D eigenvalue weighted by Crippen LogP contribution is 2.42. The normalized spacial score (nSPS) is 20.8. The number of aromatic nitrogens is 2. The molecule has 1 aromatic carbocycles. The molecule has 0 unspecified atom stereocenters. The summed E-state index contributed by atoms with van der Waals surface area (Å²) >= 11 is 1.53. The van der Waals surface area contributed by atoms with E-state index in [1.54, 1.807) is 17.5 Å². The van der Waals surface area contributed by atoms with Crippen LogP contribution < -0.4 is 15.0 Å². The van der Waals surface area contributed by atoms with Crippen molar-refractivity contribution in [1.82, 2.24) is 15.3 Å². The second-order valence-electron chi connectivity index (χ2n) is 8.82. The number of carbonyl (C=O) groups is 2. The van der Waals surface area contributed by atoms with Gasteiger partial charge >= 0.3 is 0 Å². The molecule has 5 rings (SSSR count). The Morgan fingerprint density at radius 3 is 2.84 bits per heavy atom. The van der Waals surface area contributed by atoms with Crippen LogP contribution in [0.1, 0.15) is 32.8 Å².